The van der Waals surface area contributed by atoms with E-state index in [9.17, 15) is 8.42 Å². The zero-order chi connectivity index (χ0) is 14.9. The van der Waals surface area contributed by atoms with E-state index in [0.717, 1.165) is 4.47 Å². The van der Waals surface area contributed by atoms with Crippen LogP contribution in [0.15, 0.2) is 39.7 Å². The maximum atomic E-state index is 12.3. The molecule has 0 atom stereocenters. The van der Waals surface area contributed by atoms with E-state index in [4.69, 9.17) is 5.73 Å². The van der Waals surface area contributed by atoms with Gasteiger partial charge in [0.05, 0.1) is 10.6 Å². The summed E-state index contributed by atoms with van der Waals surface area (Å²) < 4.78 is 27.8. The van der Waals surface area contributed by atoms with Crippen molar-refractivity contribution < 1.29 is 8.42 Å². The van der Waals surface area contributed by atoms with E-state index >= 15 is 0 Å². The van der Waals surface area contributed by atoms with Crippen LogP contribution in [0.2, 0.25) is 0 Å². The van der Waals surface area contributed by atoms with Gasteiger partial charge in [0.25, 0.3) is 10.0 Å². The Hall–Kier alpha value is -1.60. The molecular formula is C13H14BrN3O2S. The predicted molar refractivity (Wildman–Crippen MR) is 83.1 cm³/mol. The van der Waals surface area contributed by atoms with Crippen LogP contribution in [0.1, 0.15) is 11.3 Å². The summed E-state index contributed by atoms with van der Waals surface area (Å²) in [6.45, 7) is 3.55. The van der Waals surface area contributed by atoms with E-state index in [2.05, 4.69) is 25.6 Å². The van der Waals surface area contributed by atoms with Crippen molar-refractivity contribution in [2.24, 2.45) is 0 Å². The number of pyridine rings is 1. The third kappa shape index (κ3) is 3.10. The largest absolute Gasteiger partial charge is 0.399 e. The zero-order valence-electron chi connectivity index (χ0n) is 11.0. The third-order valence-corrected chi connectivity index (χ3v) is 5.00. The van der Waals surface area contributed by atoms with Crippen LogP contribution in [-0.4, -0.2) is 13.4 Å². The van der Waals surface area contributed by atoms with Gasteiger partial charge in [0, 0.05) is 10.2 Å². The SMILES string of the molecule is Cc1cc(S(=O)(=O)Nc2ccc(Br)c(C)n2)ccc1N. The molecule has 3 N–H and O–H groups in total. The summed E-state index contributed by atoms with van der Waals surface area (Å²) in [5, 5.41) is 0. The lowest BCUT2D eigenvalue weighted by atomic mass is 10.2. The fourth-order valence-electron chi connectivity index (χ4n) is 1.61. The highest BCUT2D eigenvalue weighted by Crippen LogP contribution is 2.21. The van der Waals surface area contributed by atoms with Gasteiger partial charge in [0.15, 0.2) is 0 Å². The minimum Gasteiger partial charge on any atom is -0.399 e. The molecular weight excluding hydrogens is 342 g/mol. The van der Waals surface area contributed by atoms with Crippen molar-refractivity contribution in [2.75, 3.05) is 10.5 Å². The molecule has 0 spiro atoms. The average molecular weight is 356 g/mol. The number of aromatic nitrogens is 1. The van der Waals surface area contributed by atoms with Gasteiger partial charge in [-0.3, -0.25) is 4.72 Å². The van der Waals surface area contributed by atoms with Crippen molar-refractivity contribution in [1.82, 2.24) is 4.98 Å². The van der Waals surface area contributed by atoms with Crippen molar-refractivity contribution >= 4 is 37.5 Å². The molecule has 5 nitrogen and oxygen atoms in total. The number of benzene rings is 1. The molecule has 0 aliphatic heterocycles. The van der Waals surface area contributed by atoms with Gasteiger partial charge in [0.1, 0.15) is 5.82 Å². The molecule has 106 valence electrons. The van der Waals surface area contributed by atoms with Gasteiger partial charge in [0.2, 0.25) is 0 Å². The van der Waals surface area contributed by atoms with Gasteiger partial charge >= 0.3 is 0 Å². The number of nitrogens with zero attached hydrogens (tertiary/aromatic N) is 1. The molecule has 0 aliphatic rings. The molecule has 7 heteroatoms. The lowest BCUT2D eigenvalue weighted by Gasteiger charge is -2.10. The van der Waals surface area contributed by atoms with Crippen LogP contribution >= 0.6 is 15.9 Å². The van der Waals surface area contributed by atoms with Crippen molar-refractivity contribution in [3.05, 3.63) is 46.1 Å². The van der Waals surface area contributed by atoms with Crippen molar-refractivity contribution in [1.29, 1.82) is 0 Å². The first-order valence-electron chi connectivity index (χ1n) is 5.82. The van der Waals surface area contributed by atoms with Gasteiger partial charge in [-0.25, -0.2) is 13.4 Å². The molecule has 0 saturated heterocycles. The van der Waals surface area contributed by atoms with Gasteiger partial charge in [-0.15, -0.1) is 0 Å². The van der Waals surface area contributed by atoms with Crippen LogP contribution in [0, 0.1) is 13.8 Å². The standard InChI is InChI=1S/C13H14BrN3O2S/c1-8-7-10(3-5-12(8)15)20(18,19)17-13-6-4-11(14)9(2)16-13/h3-7H,15H2,1-2H3,(H,16,17). The Bertz CT molecular complexity index is 760. The second kappa shape index (κ2) is 5.41. The first-order chi connectivity index (χ1) is 9.29. The lowest BCUT2D eigenvalue weighted by molar-refractivity contribution is 0.601. The maximum Gasteiger partial charge on any atom is 0.263 e. The van der Waals surface area contributed by atoms with E-state index in [-0.39, 0.29) is 10.7 Å². The highest BCUT2D eigenvalue weighted by atomic mass is 79.9. The highest BCUT2D eigenvalue weighted by molar-refractivity contribution is 9.10. The van der Waals surface area contributed by atoms with Crippen LogP contribution in [0.5, 0.6) is 0 Å². The summed E-state index contributed by atoms with van der Waals surface area (Å²) in [6.07, 6.45) is 0. The Morgan fingerprint density at radius 2 is 1.90 bits per heavy atom. The van der Waals surface area contributed by atoms with Crippen molar-refractivity contribution in [2.45, 2.75) is 18.7 Å². The van der Waals surface area contributed by atoms with Gasteiger partial charge in [-0.1, -0.05) is 0 Å². The summed E-state index contributed by atoms with van der Waals surface area (Å²) in [7, 11) is -3.67. The number of anilines is 2. The summed E-state index contributed by atoms with van der Waals surface area (Å²) in [5.41, 5.74) is 7.67. The highest BCUT2D eigenvalue weighted by Gasteiger charge is 2.16. The molecule has 0 amide bonds. The smallest absolute Gasteiger partial charge is 0.263 e. The molecule has 20 heavy (non-hydrogen) atoms. The number of hydrogen-bond donors (Lipinski definition) is 2. The normalized spacial score (nSPS) is 11.3. The van der Waals surface area contributed by atoms with E-state index in [0.29, 0.717) is 16.9 Å². The number of aryl methyl sites for hydroxylation is 2. The molecule has 0 unspecified atom stereocenters. The molecule has 2 aromatic rings. The number of hydrogen-bond acceptors (Lipinski definition) is 4. The zero-order valence-corrected chi connectivity index (χ0v) is 13.4. The maximum absolute atomic E-state index is 12.3. The molecule has 0 aliphatic carbocycles. The predicted octanol–water partition coefficient (Wildman–Crippen LogP) is 2.84. The Morgan fingerprint density at radius 1 is 1.20 bits per heavy atom. The van der Waals surface area contributed by atoms with Gasteiger partial charge in [-0.05, 0) is 65.7 Å². The van der Waals surface area contributed by atoms with E-state index in [1.54, 1.807) is 32.0 Å². The first kappa shape index (κ1) is 14.8. The van der Waals surface area contributed by atoms with Gasteiger partial charge in [-0.2, -0.15) is 0 Å². The molecule has 1 aromatic heterocycles. The number of nitrogen functional groups attached to an aromatic ring is 1. The number of rotatable bonds is 3. The van der Waals surface area contributed by atoms with Gasteiger partial charge < -0.3 is 5.73 Å². The Balaban J connectivity index is 2.35. The molecule has 0 bridgehead atoms. The van der Waals surface area contributed by atoms with Crippen LogP contribution in [0.25, 0.3) is 0 Å². The minimum atomic E-state index is -3.67. The number of sulfonamides is 1. The Labute approximate surface area is 126 Å². The monoisotopic (exact) mass is 355 g/mol. The summed E-state index contributed by atoms with van der Waals surface area (Å²) >= 11 is 3.32. The number of nitrogens with two attached hydrogens (primary N) is 1. The Kier molecular flexibility index (Phi) is 4.01. The van der Waals surface area contributed by atoms with E-state index < -0.39 is 10.0 Å². The topological polar surface area (TPSA) is 85.1 Å². The van der Waals surface area contributed by atoms with Crippen LogP contribution in [-0.2, 0) is 10.0 Å². The molecule has 0 saturated carbocycles. The van der Waals surface area contributed by atoms with E-state index in [1.165, 1.54) is 12.1 Å². The number of nitrogens with one attached hydrogen (secondary N) is 1. The van der Waals surface area contributed by atoms with Crippen molar-refractivity contribution in [3.63, 3.8) is 0 Å². The number of halogens is 1. The summed E-state index contributed by atoms with van der Waals surface area (Å²) in [6, 6.07) is 7.91. The second-order valence-corrected chi connectivity index (χ2v) is 6.92. The average Bonchev–Trinajstić information content (AvgIpc) is 2.37. The molecule has 0 fully saturated rings. The fourth-order valence-corrected chi connectivity index (χ4v) is 2.92. The second-order valence-electron chi connectivity index (χ2n) is 4.39. The molecule has 1 heterocycles. The minimum absolute atomic E-state index is 0.159. The van der Waals surface area contributed by atoms with Crippen LogP contribution in [0.3, 0.4) is 0 Å². The summed E-state index contributed by atoms with van der Waals surface area (Å²) in [4.78, 5) is 4.32. The molecule has 2 rings (SSSR count). The quantitative estimate of drug-likeness (QED) is 0.829. The lowest BCUT2D eigenvalue weighted by Crippen LogP contribution is -2.14. The molecule has 0 radical (unpaired) electrons. The first-order valence-corrected chi connectivity index (χ1v) is 8.09. The van der Waals surface area contributed by atoms with Crippen molar-refractivity contribution in [3.8, 4) is 0 Å². The van der Waals surface area contributed by atoms with Crippen LogP contribution in [0.4, 0.5) is 11.5 Å². The van der Waals surface area contributed by atoms with E-state index in [1.807, 2.05) is 0 Å². The van der Waals surface area contributed by atoms with Crippen LogP contribution < -0.4 is 10.5 Å². The Morgan fingerprint density at radius 3 is 2.50 bits per heavy atom. The molecule has 1 aromatic carbocycles. The third-order valence-electron chi connectivity index (χ3n) is 2.81. The fraction of sp³-hybridized carbons (Fsp3) is 0.154. The summed E-state index contributed by atoms with van der Waals surface area (Å²) in [5.74, 6) is 0.278.